The summed E-state index contributed by atoms with van der Waals surface area (Å²) in [4.78, 5) is 18.2. The number of nitrogens with zero attached hydrogens (tertiary/aromatic N) is 2. The predicted octanol–water partition coefficient (Wildman–Crippen LogP) is 1.10. The molecule has 1 fully saturated rings. The molecule has 0 amide bonds. The summed E-state index contributed by atoms with van der Waals surface area (Å²) < 4.78 is 0. The zero-order valence-corrected chi connectivity index (χ0v) is 7.33. The van der Waals surface area contributed by atoms with Gasteiger partial charge in [-0.3, -0.25) is 4.98 Å². The van der Waals surface area contributed by atoms with Crippen LogP contribution in [0.3, 0.4) is 0 Å². The Hall–Kier alpha value is -1.52. The second-order valence-corrected chi connectivity index (χ2v) is 3.14. The molecule has 1 aromatic heterocycles. The smallest absolute Gasteiger partial charge is 0.215 e. The second-order valence-electron chi connectivity index (χ2n) is 3.14. The SMILES string of the molecule is C1=CC2OOC2N=C1c1ccccn1. The molecule has 4 heteroatoms. The Bertz CT molecular complexity index is 400. The maximum atomic E-state index is 4.82. The van der Waals surface area contributed by atoms with Gasteiger partial charge in [-0.05, 0) is 24.3 Å². The molecule has 2 atom stereocenters. The number of aliphatic imine (C=N–C) groups is 1. The summed E-state index contributed by atoms with van der Waals surface area (Å²) in [5.41, 5.74) is 1.70. The fourth-order valence-corrected chi connectivity index (χ4v) is 1.42. The molecular formula is C10H8N2O2. The summed E-state index contributed by atoms with van der Waals surface area (Å²) in [7, 11) is 0. The van der Waals surface area contributed by atoms with Gasteiger partial charge < -0.3 is 0 Å². The van der Waals surface area contributed by atoms with Gasteiger partial charge in [0.2, 0.25) is 6.23 Å². The third kappa shape index (κ3) is 1.16. The number of dihydropyridines is 1. The van der Waals surface area contributed by atoms with Crippen molar-refractivity contribution in [3.63, 3.8) is 0 Å². The van der Waals surface area contributed by atoms with Crippen LogP contribution in [0.2, 0.25) is 0 Å². The van der Waals surface area contributed by atoms with Crippen LogP contribution < -0.4 is 0 Å². The lowest BCUT2D eigenvalue weighted by atomic mass is 10.1. The number of hydrogen-bond donors (Lipinski definition) is 0. The fourth-order valence-electron chi connectivity index (χ4n) is 1.42. The van der Waals surface area contributed by atoms with Crippen LogP contribution in [0.15, 0.2) is 41.5 Å². The summed E-state index contributed by atoms with van der Waals surface area (Å²) >= 11 is 0. The first-order valence-corrected chi connectivity index (χ1v) is 4.43. The number of allylic oxidation sites excluding steroid dienone is 1. The van der Waals surface area contributed by atoms with Crippen molar-refractivity contribution in [1.82, 2.24) is 4.98 Å². The quantitative estimate of drug-likeness (QED) is 0.620. The number of fused-ring (bicyclic) bond motifs is 1. The van der Waals surface area contributed by atoms with Gasteiger partial charge in [0.05, 0.1) is 11.4 Å². The van der Waals surface area contributed by atoms with E-state index in [1.54, 1.807) is 6.20 Å². The molecule has 0 aromatic carbocycles. The first-order chi connectivity index (χ1) is 6.93. The second kappa shape index (κ2) is 3.01. The molecule has 0 N–H and O–H groups in total. The normalized spacial score (nSPS) is 29.0. The van der Waals surface area contributed by atoms with Crippen LogP contribution in [0, 0.1) is 0 Å². The highest BCUT2D eigenvalue weighted by Gasteiger charge is 2.35. The molecule has 70 valence electrons. The molecule has 1 aromatic rings. The van der Waals surface area contributed by atoms with Crippen LogP contribution in [0.25, 0.3) is 0 Å². The Kier molecular flexibility index (Phi) is 1.68. The van der Waals surface area contributed by atoms with Crippen LogP contribution in [-0.4, -0.2) is 23.0 Å². The molecule has 1 saturated heterocycles. The number of aromatic nitrogens is 1. The van der Waals surface area contributed by atoms with Crippen molar-refractivity contribution in [2.75, 3.05) is 0 Å². The average molecular weight is 188 g/mol. The van der Waals surface area contributed by atoms with Gasteiger partial charge in [0.15, 0.2) is 6.10 Å². The van der Waals surface area contributed by atoms with Gasteiger partial charge >= 0.3 is 0 Å². The number of hydrogen-bond acceptors (Lipinski definition) is 4. The largest absolute Gasteiger partial charge is 0.255 e. The summed E-state index contributed by atoms with van der Waals surface area (Å²) in [6.45, 7) is 0. The minimum absolute atomic E-state index is 0.0116. The Morgan fingerprint density at radius 1 is 1.21 bits per heavy atom. The van der Waals surface area contributed by atoms with Crippen LogP contribution in [0.5, 0.6) is 0 Å². The molecule has 4 nitrogen and oxygen atoms in total. The van der Waals surface area contributed by atoms with Crippen LogP contribution in [0.1, 0.15) is 5.69 Å². The molecule has 2 aliphatic rings. The fraction of sp³-hybridized carbons (Fsp3) is 0.200. The topological polar surface area (TPSA) is 43.7 Å². The van der Waals surface area contributed by atoms with Crippen molar-refractivity contribution in [2.45, 2.75) is 12.3 Å². The van der Waals surface area contributed by atoms with Gasteiger partial charge in [-0.2, -0.15) is 0 Å². The molecular weight excluding hydrogens is 180 g/mol. The third-order valence-electron chi connectivity index (χ3n) is 2.18. The van der Waals surface area contributed by atoms with Crippen molar-refractivity contribution in [2.24, 2.45) is 4.99 Å². The molecule has 0 radical (unpaired) electrons. The van der Waals surface area contributed by atoms with E-state index in [1.165, 1.54) is 0 Å². The van der Waals surface area contributed by atoms with Crippen LogP contribution >= 0.6 is 0 Å². The molecule has 0 aliphatic carbocycles. The van der Waals surface area contributed by atoms with Crippen molar-refractivity contribution >= 4 is 5.71 Å². The van der Waals surface area contributed by atoms with E-state index in [9.17, 15) is 0 Å². The number of pyridine rings is 1. The summed E-state index contributed by atoms with van der Waals surface area (Å²) in [5.74, 6) is 0. The Morgan fingerprint density at radius 3 is 2.86 bits per heavy atom. The molecule has 0 saturated carbocycles. The van der Waals surface area contributed by atoms with E-state index < -0.39 is 0 Å². The predicted molar refractivity (Wildman–Crippen MR) is 49.7 cm³/mol. The molecule has 2 unspecified atom stereocenters. The molecule has 3 heterocycles. The lowest BCUT2D eigenvalue weighted by molar-refractivity contribution is -0.449. The standard InChI is InChI=1S/C10H8N2O2/c1-2-6-11-7(3-1)8-4-5-9-10(12-8)14-13-9/h1-6,9-10H. The lowest BCUT2D eigenvalue weighted by Crippen LogP contribution is -2.42. The lowest BCUT2D eigenvalue weighted by Gasteiger charge is -2.32. The van der Waals surface area contributed by atoms with Crippen LogP contribution in [-0.2, 0) is 9.78 Å². The first kappa shape index (κ1) is 7.84. The van der Waals surface area contributed by atoms with E-state index in [0.717, 1.165) is 11.4 Å². The Labute approximate surface area is 80.8 Å². The summed E-state index contributed by atoms with van der Waals surface area (Å²) in [5, 5.41) is 0. The van der Waals surface area contributed by atoms with Crippen molar-refractivity contribution in [1.29, 1.82) is 0 Å². The van der Waals surface area contributed by atoms with Crippen LogP contribution in [0.4, 0.5) is 0 Å². The van der Waals surface area contributed by atoms with Gasteiger partial charge in [-0.15, -0.1) is 0 Å². The third-order valence-corrected chi connectivity index (χ3v) is 2.18. The number of rotatable bonds is 1. The van der Waals surface area contributed by atoms with E-state index in [0.29, 0.717) is 0 Å². The minimum atomic E-state index is -0.183. The Morgan fingerprint density at radius 2 is 2.21 bits per heavy atom. The average Bonchev–Trinajstić information content (AvgIpc) is 2.21. The van der Waals surface area contributed by atoms with E-state index in [2.05, 4.69) is 9.98 Å². The molecule has 3 rings (SSSR count). The van der Waals surface area contributed by atoms with Crippen molar-refractivity contribution in [3.05, 3.63) is 42.2 Å². The van der Waals surface area contributed by atoms with Gasteiger partial charge in [0, 0.05) is 6.20 Å². The molecule has 0 spiro atoms. The minimum Gasteiger partial charge on any atom is -0.255 e. The van der Waals surface area contributed by atoms with Gasteiger partial charge in [0.1, 0.15) is 0 Å². The van der Waals surface area contributed by atoms with E-state index in [1.807, 2.05) is 30.4 Å². The van der Waals surface area contributed by atoms with Crippen molar-refractivity contribution < 1.29 is 9.78 Å². The molecule has 0 bridgehead atoms. The highest BCUT2D eigenvalue weighted by Crippen LogP contribution is 2.23. The maximum Gasteiger partial charge on any atom is 0.215 e. The molecule has 14 heavy (non-hydrogen) atoms. The van der Waals surface area contributed by atoms with Gasteiger partial charge in [-0.1, -0.05) is 6.07 Å². The zero-order chi connectivity index (χ0) is 9.38. The molecule has 2 aliphatic heterocycles. The first-order valence-electron chi connectivity index (χ1n) is 4.43. The monoisotopic (exact) mass is 188 g/mol. The van der Waals surface area contributed by atoms with Gasteiger partial charge in [-0.25, -0.2) is 14.8 Å². The Balaban J connectivity index is 1.93. The van der Waals surface area contributed by atoms with E-state index in [4.69, 9.17) is 9.78 Å². The highest BCUT2D eigenvalue weighted by atomic mass is 17.3. The maximum absolute atomic E-state index is 4.82. The van der Waals surface area contributed by atoms with E-state index in [-0.39, 0.29) is 12.3 Å². The van der Waals surface area contributed by atoms with Crippen molar-refractivity contribution in [3.8, 4) is 0 Å². The zero-order valence-electron chi connectivity index (χ0n) is 7.33. The van der Waals surface area contributed by atoms with Gasteiger partial charge in [0.25, 0.3) is 0 Å². The van der Waals surface area contributed by atoms with E-state index >= 15 is 0 Å². The summed E-state index contributed by atoms with van der Waals surface area (Å²) in [6, 6.07) is 5.73. The summed E-state index contributed by atoms with van der Waals surface area (Å²) in [6.07, 6.45) is 5.40. The highest BCUT2D eigenvalue weighted by molar-refractivity contribution is 6.07.